The molecule has 4 nitrogen and oxygen atoms in total. The normalized spacial score (nSPS) is 18.7. The van der Waals surface area contributed by atoms with E-state index in [0.29, 0.717) is 25.1 Å². The van der Waals surface area contributed by atoms with Crippen molar-refractivity contribution in [1.29, 1.82) is 0 Å². The molecule has 1 aromatic rings. The van der Waals surface area contributed by atoms with Crippen LogP contribution in [0.3, 0.4) is 0 Å². The summed E-state index contributed by atoms with van der Waals surface area (Å²) >= 11 is 0. The SMILES string of the molecule is COC(=O)C1CC(=O)N(CCc2ccccc2F)C1. The maximum Gasteiger partial charge on any atom is 0.310 e. The Morgan fingerprint density at radius 3 is 2.89 bits per heavy atom. The van der Waals surface area contributed by atoms with Crippen LogP contribution in [0.5, 0.6) is 0 Å². The summed E-state index contributed by atoms with van der Waals surface area (Å²) in [5, 5.41) is 0. The first-order chi connectivity index (χ1) is 9.11. The molecule has 1 aromatic carbocycles. The van der Waals surface area contributed by atoms with Crippen LogP contribution in [0.25, 0.3) is 0 Å². The van der Waals surface area contributed by atoms with Gasteiger partial charge in [-0.3, -0.25) is 9.59 Å². The number of carbonyl (C=O) groups is 2. The van der Waals surface area contributed by atoms with Crippen LogP contribution in [-0.2, 0) is 20.7 Å². The monoisotopic (exact) mass is 265 g/mol. The third-order valence-corrected chi connectivity index (χ3v) is 3.36. The number of rotatable bonds is 4. The van der Waals surface area contributed by atoms with Gasteiger partial charge in [0.25, 0.3) is 0 Å². The van der Waals surface area contributed by atoms with Crippen molar-refractivity contribution in [2.75, 3.05) is 20.2 Å². The molecule has 2 rings (SSSR count). The number of carbonyl (C=O) groups excluding carboxylic acids is 2. The molecule has 1 saturated heterocycles. The first-order valence-electron chi connectivity index (χ1n) is 6.21. The predicted molar refractivity (Wildman–Crippen MR) is 66.8 cm³/mol. The summed E-state index contributed by atoms with van der Waals surface area (Å²) in [5.41, 5.74) is 0.580. The Bertz CT molecular complexity index is 489. The molecule has 1 aliphatic rings. The molecule has 1 unspecified atom stereocenters. The molecule has 1 aliphatic heterocycles. The Hall–Kier alpha value is -1.91. The van der Waals surface area contributed by atoms with Gasteiger partial charge in [-0.1, -0.05) is 18.2 Å². The predicted octanol–water partition coefficient (Wildman–Crippen LogP) is 1.39. The summed E-state index contributed by atoms with van der Waals surface area (Å²) in [4.78, 5) is 24.7. The van der Waals surface area contributed by atoms with Gasteiger partial charge in [0, 0.05) is 19.5 Å². The van der Waals surface area contributed by atoms with Gasteiger partial charge in [-0.2, -0.15) is 0 Å². The molecule has 1 heterocycles. The Kier molecular flexibility index (Phi) is 4.14. The minimum atomic E-state index is -0.391. The van der Waals surface area contributed by atoms with E-state index in [2.05, 4.69) is 4.74 Å². The Balaban J connectivity index is 1.92. The minimum absolute atomic E-state index is 0.0771. The third-order valence-electron chi connectivity index (χ3n) is 3.36. The zero-order valence-corrected chi connectivity index (χ0v) is 10.8. The highest BCUT2D eigenvalue weighted by Crippen LogP contribution is 2.19. The van der Waals surface area contributed by atoms with Crippen LogP contribution >= 0.6 is 0 Å². The fourth-order valence-corrected chi connectivity index (χ4v) is 2.27. The molecule has 0 N–H and O–H groups in total. The Labute approximate surface area is 111 Å². The molecule has 0 saturated carbocycles. The van der Waals surface area contributed by atoms with Gasteiger partial charge in [0.2, 0.25) is 5.91 Å². The fraction of sp³-hybridized carbons (Fsp3) is 0.429. The Morgan fingerprint density at radius 1 is 1.47 bits per heavy atom. The minimum Gasteiger partial charge on any atom is -0.469 e. The number of hydrogen-bond acceptors (Lipinski definition) is 3. The molecular weight excluding hydrogens is 249 g/mol. The van der Waals surface area contributed by atoms with Crippen molar-refractivity contribution in [1.82, 2.24) is 4.90 Å². The van der Waals surface area contributed by atoms with Crippen molar-refractivity contribution in [3.8, 4) is 0 Å². The standard InChI is InChI=1S/C14H16FNO3/c1-19-14(18)11-8-13(17)16(9-11)7-6-10-4-2-3-5-12(10)15/h2-5,11H,6-9H2,1H3. The van der Waals surface area contributed by atoms with Crippen molar-refractivity contribution >= 4 is 11.9 Å². The van der Waals surface area contributed by atoms with Crippen LogP contribution < -0.4 is 0 Å². The first kappa shape index (κ1) is 13.5. The molecular formula is C14H16FNO3. The van der Waals surface area contributed by atoms with Gasteiger partial charge in [0.1, 0.15) is 5.82 Å². The quantitative estimate of drug-likeness (QED) is 0.773. The number of amides is 1. The number of likely N-dealkylation sites (tertiary alicyclic amines) is 1. The lowest BCUT2D eigenvalue weighted by atomic mass is 10.1. The maximum absolute atomic E-state index is 13.4. The van der Waals surface area contributed by atoms with Crippen molar-refractivity contribution < 1.29 is 18.7 Å². The molecule has 0 aliphatic carbocycles. The van der Waals surface area contributed by atoms with Crippen LogP contribution in [0.2, 0.25) is 0 Å². The Morgan fingerprint density at radius 2 is 2.21 bits per heavy atom. The van der Waals surface area contributed by atoms with Crippen molar-refractivity contribution in [3.05, 3.63) is 35.6 Å². The van der Waals surface area contributed by atoms with E-state index in [1.165, 1.54) is 13.2 Å². The van der Waals surface area contributed by atoms with E-state index >= 15 is 0 Å². The zero-order valence-electron chi connectivity index (χ0n) is 10.8. The largest absolute Gasteiger partial charge is 0.469 e. The molecule has 1 amide bonds. The van der Waals surface area contributed by atoms with E-state index in [0.717, 1.165) is 0 Å². The smallest absolute Gasteiger partial charge is 0.310 e. The number of hydrogen-bond donors (Lipinski definition) is 0. The zero-order chi connectivity index (χ0) is 13.8. The van der Waals surface area contributed by atoms with Crippen LogP contribution in [0, 0.1) is 11.7 Å². The van der Waals surface area contributed by atoms with Gasteiger partial charge in [0.15, 0.2) is 0 Å². The lowest BCUT2D eigenvalue weighted by molar-refractivity contribution is -0.145. The first-order valence-corrected chi connectivity index (χ1v) is 6.21. The lowest BCUT2D eigenvalue weighted by Crippen LogP contribution is -2.28. The molecule has 19 heavy (non-hydrogen) atoms. The molecule has 102 valence electrons. The number of ether oxygens (including phenoxy) is 1. The molecule has 5 heteroatoms. The number of halogens is 1. The van der Waals surface area contributed by atoms with Gasteiger partial charge in [-0.15, -0.1) is 0 Å². The highest BCUT2D eigenvalue weighted by molar-refractivity contribution is 5.86. The second-order valence-electron chi connectivity index (χ2n) is 4.61. The summed E-state index contributed by atoms with van der Waals surface area (Å²) < 4.78 is 18.1. The molecule has 0 radical (unpaired) electrons. The second-order valence-corrected chi connectivity index (χ2v) is 4.61. The summed E-state index contributed by atoms with van der Waals surface area (Å²) in [6.45, 7) is 0.785. The molecule has 0 bridgehead atoms. The summed E-state index contributed by atoms with van der Waals surface area (Å²) in [6, 6.07) is 6.50. The molecule has 0 spiro atoms. The molecule has 1 fully saturated rings. The van der Waals surface area contributed by atoms with E-state index in [1.807, 2.05) is 0 Å². The van der Waals surface area contributed by atoms with Crippen molar-refractivity contribution in [3.63, 3.8) is 0 Å². The van der Waals surface area contributed by atoms with Crippen molar-refractivity contribution in [2.45, 2.75) is 12.8 Å². The summed E-state index contributed by atoms with van der Waals surface area (Å²) in [6.07, 6.45) is 0.635. The van der Waals surface area contributed by atoms with E-state index < -0.39 is 5.92 Å². The highest BCUT2D eigenvalue weighted by atomic mass is 19.1. The van der Waals surface area contributed by atoms with E-state index in [9.17, 15) is 14.0 Å². The van der Waals surface area contributed by atoms with E-state index in [1.54, 1.807) is 23.1 Å². The van der Waals surface area contributed by atoms with Gasteiger partial charge < -0.3 is 9.64 Å². The topological polar surface area (TPSA) is 46.6 Å². The van der Waals surface area contributed by atoms with Crippen molar-refractivity contribution in [2.24, 2.45) is 5.92 Å². The summed E-state index contributed by atoms with van der Waals surface area (Å²) in [5.74, 6) is -1.09. The van der Waals surface area contributed by atoms with Crippen LogP contribution in [0.15, 0.2) is 24.3 Å². The van der Waals surface area contributed by atoms with Gasteiger partial charge >= 0.3 is 5.97 Å². The van der Waals surface area contributed by atoms with Gasteiger partial charge in [-0.25, -0.2) is 4.39 Å². The average molecular weight is 265 g/mol. The van der Waals surface area contributed by atoms with Gasteiger partial charge in [0.05, 0.1) is 13.0 Å². The van der Waals surface area contributed by atoms with Crippen LogP contribution in [0.1, 0.15) is 12.0 Å². The second kappa shape index (κ2) is 5.82. The third kappa shape index (κ3) is 3.10. The fourth-order valence-electron chi connectivity index (χ4n) is 2.27. The molecule has 0 aromatic heterocycles. The average Bonchev–Trinajstić information content (AvgIpc) is 2.78. The number of benzene rings is 1. The summed E-state index contributed by atoms with van der Waals surface area (Å²) in [7, 11) is 1.31. The maximum atomic E-state index is 13.4. The van der Waals surface area contributed by atoms with E-state index in [-0.39, 0.29) is 24.1 Å². The highest BCUT2D eigenvalue weighted by Gasteiger charge is 2.34. The lowest BCUT2D eigenvalue weighted by Gasteiger charge is -2.16. The van der Waals surface area contributed by atoms with E-state index in [4.69, 9.17) is 0 Å². The van der Waals surface area contributed by atoms with Crippen LogP contribution in [0.4, 0.5) is 4.39 Å². The van der Waals surface area contributed by atoms with Crippen LogP contribution in [-0.4, -0.2) is 37.0 Å². The number of nitrogens with zero attached hydrogens (tertiary/aromatic N) is 1. The number of methoxy groups -OCH3 is 1. The van der Waals surface area contributed by atoms with Gasteiger partial charge in [-0.05, 0) is 18.1 Å². The molecule has 1 atom stereocenters. The number of esters is 1.